The molecule has 112 valence electrons. The summed E-state index contributed by atoms with van der Waals surface area (Å²) in [4.78, 5) is 22.7. The van der Waals surface area contributed by atoms with Crippen LogP contribution in [0.5, 0.6) is 0 Å². The molecular formula is C16H20N2O3. The first kappa shape index (κ1) is 16.6. The van der Waals surface area contributed by atoms with Crippen molar-refractivity contribution in [1.29, 1.82) is 0 Å². The Balaban J connectivity index is 2.01. The van der Waals surface area contributed by atoms with E-state index in [1.54, 1.807) is 0 Å². The zero-order valence-electron chi connectivity index (χ0n) is 11.9. The van der Waals surface area contributed by atoms with Crippen molar-refractivity contribution < 1.29 is 14.3 Å². The number of terminal acetylenes is 1. The highest BCUT2D eigenvalue weighted by Gasteiger charge is 2.02. The molecule has 21 heavy (non-hydrogen) atoms. The van der Waals surface area contributed by atoms with E-state index in [9.17, 15) is 9.59 Å². The van der Waals surface area contributed by atoms with Gasteiger partial charge in [-0.1, -0.05) is 30.3 Å². The Kier molecular flexibility index (Phi) is 8.15. The minimum absolute atomic E-state index is 0.0698. The van der Waals surface area contributed by atoms with Gasteiger partial charge in [-0.25, -0.2) is 4.79 Å². The number of hydrogen-bond acceptors (Lipinski definition) is 3. The number of carbonyl (C=O) groups excluding carboxylic acids is 2. The number of alkyl carbamates (subject to hydrolysis) is 1. The van der Waals surface area contributed by atoms with Crippen molar-refractivity contribution in [2.24, 2.45) is 0 Å². The van der Waals surface area contributed by atoms with Crippen LogP contribution in [0.25, 0.3) is 0 Å². The third kappa shape index (κ3) is 8.32. The molecule has 0 heterocycles. The quantitative estimate of drug-likeness (QED) is 0.566. The summed E-state index contributed by atoms with van der Waals surface area (Å²) < 4.78 is 5.05. The lowest BCUT2D eigenvalue weighted by atomic mass is 10.2. The molecule has 0 aliphatic carbocycles. The fraction of sp³-hybridized carbons (Fsp3) is 0.375. The fourth-order valence-electron chi connectivity index (χ4n) is 1.55. The standard InChI is InChI=1S/C16H20N2O3/c1-2-3-10-15(19)17-11-7-12-18-16(20)21-13-14-8-5-4-6-9-14/h1,4-6,8-9H,3,7,10-13H2,(H,17,19)(H,18,20). The van der Waals surface area contributed by atoms with Crippen LogP contribution in [-0.4, -0.2) is 25.1 Å². The zero-order valence-corrected chi connectivity index (χ0v) is 11.9. The van der Waals surface area contributed by atoms with Crippen molar-refractivity contribution in [3.05, 3.63) is 35.9 Å². The summed E-state index contributed by atoms with van der Waals surface area (Å²) in [6.45, 7) is 1.20. The molecule has 5 heteroatoms. The molecule has 0 aromatic heterocycles. The van der Waals surface area contributed by atoms with E-state index in [-0.39, 0.29) is 12.5 Å². The van der Waals surface area contributed by atoms with Gasteiger partial charge in [0, 0.05) is 25.9 Å². The second-order valence-corrected chi connectivity index (χ2v) is 4.40. The third-order valence-corrected chi connectivity index (χ3v) is 2.65. The molecule has 1 aromatic rings. The first-order chi connectivity index (χ1) is 10.2. The van der Waals surface area contributed by atoms with Crippen LogP contribution in [0.15, 0.2) is 30.3 Å². The summed E-state index contributed by atoms with van der Waals surface area (Å²) in [5.74, 6) is 2.34. The smallest absolute Gasteiger partial charge is 0.407 e. The monoisotopic (exact) mass is 288 g/mol. The van der Waals surface area contributed by atoms with E-state index >= 15 is 0 Å². The molecule has 0 spiro atoms. The van der Waals surface area contributed by atoms with Crippen molar-refractivity contribution in [2.75, 3.05) is 13.1 Å². The summed E-state index contributed by atoms with van der Waals surface area (Å²) in [6.07, 6.45) is 6.02. The Labute approximate surface area is 125 Å². The molecular weight excluding hydrogens is 268 g/mol. The molecule has 0 saturated carbocycles. The maximum atomic E-state index is 11.4. The predicted octanol–water partition coefficient (Wildman–Crippen LogP) is 1.83. The van der Waals surface area contributed by atoms with E-state index in [1.807, 2.05) is 30.3 Å². The lowest BCUT2D eigenvalue weighted by Gasteiger charge is -2.07. The normalized spacial score (nSPS) is 9.48. The maximum Gasteiger partial charge on any atom is 0.407 e. The summed E-state index contributed by atoms with van der Waals surface area (Å²) in [6, 6.07) is 9.46. The van der Waals surface area contributed by atoms with Crippen LogP contribution in [0.4, 0.5) is 4.79 Å². The van der Waals surface area contributed by atoms with Crippen LogP contribution in [0, 0.1) is 12.3 Å². The van der Waals surface area contributed by atoms with Gasteiger partial charge >= 0.3 is 6.09 Å². The summed E-state index contributed by atoms with van der Waals surface area (Å²) in [7, 11) is 0. The number of ether oxygens (including phenoxy) is 1. The highest BCUT2D eigenvalue weighted by Crippen LogP contribution is 2.00. The fourth-order valence-corrected chi connectivity index (χ4v) is 1.55. The van der Waals surface area contributed by atoms with E-state index in [2.05, 4.69) is 16.6 Å². The van der Waals surface area contributed by atoms with E-state index in [0.717, 1.165) is 5.56 Å². The predicted molar refractivity (Wildman–Crippen MR) is 80.3 cm³/mol. The van der Waals surface area contributed by atoms with Crippen molar-refractivity contribution in [1.82, 2.24) is 10.6 Å². The number of carbonyl (C=O) groups is 2. The topological polar surface area (TPSA) is 67.4 Å². The van der Waals surface area contributed by atoms with Crippen LogP contribution in [-0.2, 0) is 16.1 Å². The van der Waals surface area contributed by atoms with Gasteiger partial charge in [-0.2, -0.15) is 0 Å². The van der Waals surface area contributed by atoms with E-state index in [0.29, 0.717) is 32.4 Å². The molecule has 5 nitrogen and oxygen atoms in total. The Morgan fingerprint density at radius 3 is 2.57 bits per heavy atom. The Morgan fingerprint density at radius 1 is 1.14 bits per heavy atom. The summed E-state index contributed by atoms with van der Waals surface area (Å²) in [5, 5.41) is 5.35. The molecule has 1 aromatic carbocycles. The summed E-state index contributed by atoms with van der Waals surface area (Å²) >= 11 is 0. The van der Waals surface area contributed by atoms with Crippen LogP contribution in [0.1, 0.15) is 24.8 Å². The molecule has 0 fully saturated rings. The second-order valence-electron chi connectivity index (χ2n) is 4.40. The van der Waals surface area contributed by atoms with Gasteiger partial charge < -0.3 is 15.4 Å². The Hall–Kier alpha value is -2.48. The van der Waals surface area contributed by atoms with Crippen molar-refractivity contribution >= 4 is 12.0 Å². The second kappa shape index (κ2) is 10.3. The molecule has 0 aliphatic rings. The Bertz CT molecular complexity index is 480. The van der Waals surface area contributed by atoms with Gasteiger partial charge in [0.15, 0.2) is 0 Å². The minimum atomic E-state index is -0.461. The van der Waals surface area contributed by atoms with Gasteiger partial charge in [-0.3, -0.25) is 4.79 Å². The number of nitrogens with one attached hydrogen (secondary N) is 2. The molecule has 2 amide bonds. The molecule has 0 atom stereocenters. The van der Waals surface area contributed by atoms with Crippen LogP contribution < -0.4 is 10.6 Å². The zero-order chi connectivity index (χ0) is 15.3. The molecule has 0 aliphatic heterocycles. The molecule has 2 N–H and O–H groups in total. The largest absolute Gasteiger partial charge is 0.445 e. The first-order valence-corrected chi connectivity index (χ1v) is 6.87. The Morgan fingerprint density at radius 2 is 1.86 bits per heavy atom. The van der Waals surface area contributed by atoms with Gasteiger partial charge in [-0.15, -0.1) is 12.3 Å². The van der Waals surface area contributed by atoms with Gasteiger partial charge in [0.05, 0.1) is 0 Å². The van der Waals surface area contributed by atoms with Gasteiger partial charge in [0.1, 0.15) is 6.61 Å². The third-order valence-electron chi connectivity index (χ3n) is 2.65. The molecule has 0 bridgehead atoms. The molecule has 0 saturated heterocycles. The SMILES string of the molecule is C#CCCC(=O)NCCCNC(=O)OCc1ccccc1. The molecule has 1 rings (SSSR count). The number of hydrogen-bond donors (Lipinski definition) is 2. The van der Waals surface area contributed by atoms with Crippen LogP contribution in [0.3, 0.4) is 0 Å². The van der Waals surface area contributed by atoms with Crippen LogP contribution >= 0.6 is 0 Å². The van der Waals surface area contributed by atoms with E-state index in [4.69, 9.17) is 11.2 Å². The lowest BCUT2D eigenvalue weighted by molar-refractivity contribution is -0.120. The lowest BCUT2D eigenvalue weighted by Crippen LogP contribution is -2.30. The molecule has 0 radical (unpaired) electrons. The number of benzene rings is 1. The highest BCUT2D eigenvalue weighted by molar-refractivity contribution is 5.76. The number of rotatable bonds is 8. The average Bonchev–Trinajstić information content (AvgIpc) is 2.51. The van der Waals surface area contributed by atoms with Gasteiger partial charge in [0.25, 0.3) is 0 Å². The first-order valence-electron chi connectivity index (χ1n) is 6.87. The summed E-state index contributed by atoms with van der Waals surface area (Å²) in [5.41, 5.74) is 0.938. The maximum absolute atomic E-state index is 11.4. The van der Waals surface area contributed by atoms with Gasteiger partial charge in [-0.05, 0) is 12.0 Å². The van der Waals surface area contributed by atoms with Crippen molar-refractivity contribution in [3.63, 3.8) is 0 Å². The average molecular weight is 288 g/mol. The highest BCUT2D eigenvalue weighted by atomic mass is 16.5. The van der Waals surface area contributed by atoms with E-state index < -0.39 is 6.09 Å². The van der Waals surface area contributed by atoms with Gasteiger partial charge in [0.2, 0.25) is 5.91 Å². The van der Waals surface area contributed by atoms with Crippen LogP contribution in [0.2, 0.25) is 0 Å². The van der Waals surface area contributed by atoms with Crippen molar-refractivity contribution in [3.8, 4) is 12.3 Å². The van der Waals surface area contributed by atoms with Crippen molar-refractivity contribution in [2.45, 2.75) is 25.9 Å². The van der Waals surface area contributed by atoms with E-state index in [1.165, 1.54) is 0 Å². The minimum Gasteiger partial charge on any atom is -0.445 e. The molecule has 0 unspecified atom stereocenters. The number of amides is 2.